The Morgan fingerprint density at radius 1 is 1.19 bits per heavy atom. The van der Waals surface area contributed by atoms with E-state index < -0.39 is 18.0 Å². The highest BCUT2D eigenvalue weighted by Crippen LogP contribution is 2.20. The fourth-order valence-electron chi connectivity index (χ4n) is 1.77. The number of nitrogens with one attached hydrogen (secondary N) is 2. The molecule has 10 nitrogen and oxygen atoms in total. The van der Waals surface area contributed by atoms with Crippen LogP contribution >= 0.6 is 11.3 Å². The lowest BCUT2D eigenvalue weighted by Crippen LogP contribution is -2.35. The predicted octanol–water partition coefficient (Wildman–Crippen LogP) is 1.37. The van der Waals surface area contributed by atoms with Crippen molar-refractivity contribution in [2.24, 2.45) is 5.92 Å². The third-order valence-electron chi connectivity index (χ3n) is 3.16. The van der Waals surface area contributed by atoms with Gasteiger partial charge in [0.2, 0.25) is 0 Å². The van der Waals surface area contributed by atoms with Crippen LogP contribution in [0.3, 0.4) is 0 Å². The van der Waals surface area contributed by atoms with E-state index in [0.717, 1.165) is 11.3 Å². The summed E-state index contributed by atoms with van der Waals surface area (Å²) in [5.41, 5.74) is 0. The van der Waals surface area contributed by atoms with E-state index in [1.165, 1.54) is 6.20 Å². The van der Waals surface area contributed by atoms with Gasteiger partial charge in [-0.1, -0.05) is 39.0 Å². The minimum absolute atomic E-state index is 0.138. The van der Waals surface area contributed by atoms with Gasteiger partial charge in [-0.15, -0.1) is 11.8 Å². The molecule has 0 aliphatic heterocycles. The number of hydrogen-bond donors (Lipinski definition) is 5. The summed E-state index contributed by atoms with van der Waals surface area (Å²) >= 11 is 1.16. The molecule has 1 unspecified atom stereocenters. The van der Waals surface area contributed by atoms with E-state index in [9.17, 15) is 19.5 Å². The Hall–Kier alpha value is -2.94. The van der Waals surface area contributed by atoms with Crippen LogP contribution in [0.1, 0.15) is 43.8 Å². The number of amides is 1. The summed E-state index contributed by atoms with van der Waals surface area (Å²) < 4.78 is 5.42. The molecule has 1 heterocycles. The number of aliphatic carboxylic acids is 2. The van der Waals surface area contributed by atoms with E-state index in [2.05, 4.69) is 27.5 Å². The van der Waals surface area contributed by atoms with Crippen LogP contribution in [0.15, 0.2) is 18.3 Å². The zero-order chi connectivity index (χ0) is 24.5. The van der Waals surface area contributed by atoms with Crippen molar-refractivity contribution in [3.63, 3.8) is 0 Å². The van der Waals surface area contributed by atoms with E-state index in [1.807, 2.05) is 27.7 Å². The number of rotatable bonds is 11. The van der Waals surface area contributed by atoms with Crippen LogP contribution in [0.2, 0.25) is 0 Å². The fraction of sp³-hybridized carbons (Fsp3) is 0.524. The number of carbonyl (C=O) groups excluding carboxylic acids is 1. The third-order valence-corrected chi connectivity index (χ3v) is 4.07. The number of thiazole rings is 1. The van der Waals surface area contributed by atoms with Gasteiger partial charge in [-0.25, -0.2) is 14.6 Å². The summed E-state index contributed by atoms with van der Waals surface area (Å²) in [5.74, 6) is 3.70. The molecule has 0 fully saturated rings. The van der Waals surface area contributed by atoms with E-state index >= 15 is 0 Å². The number of aromatic nitrogens is 1. The maximum Gasteiger partial charge on any atom is 0.328 e. The molecule has 0 saturated carbocycles. The van der Waals surface area contributed by atoms with Gasteiger partial charge in [0.05, 0.1) is 6.20 Å². The average Bonchev–Trinajstić information content (AvgIpc) is 3.18. The highest BCUT2D eigenvalue weighted by atomic mass is 32.1. The van der Waals surface area contributed by atoms with Crippen molar-refractivity contribution in [3.8, 4) is 17.0 Å². The first kappa shape index (κ1) is 29.1. The summed E-state index contributed by atoms with van der Waals surface area (Å²) in [4.78, 5) is 35.6. The quantitative estimate of drug-likeness (QED) is 0.183. The van der Waals surface area contributed by atoms with Crippen LogP contribution < -0.4 is 15.4 Å². The molecular formula is C21H31N3O7S. The Morgan fingerprint density at radius 2 is 1.81 bits per heavy atom. The van der Waals surface area contributed by atoms with Crippen LogP contribution in [-0.4, -0.2) is 70.0 Å². The zero-order valence-corrected chi connectivity index (χ0v) is 19.4. The van der Waals surface area contributed by atoms with Crippen molar-refractivity contribution in [2.75, 3.05) is 19.7 Å². The maximum atomic E-state index is 12.0. The highest BCUT2D eigenvalue weighted by molar-refractivity contribution is 7.15. The van der Waals surface area contributed by atoms with Gasteiger partial charge in [-0.05, 0) is 0 Å². The Labute approximate surface area is 191 Å². The lowest BCUT2D eigenvalue weighted by molar-refractivity contribution is -0.134. The minimum atomic E-state index is -1.26. The molecule has 0 radical (unpaired) electrons. The van der Waals surface area contributed by atoms with Gasteiger partial charge < -0.3 is 30.7 Å². The van der Waals surface area contributed by atoms with E-state index in [0.29, 0.717) is 53.7 Å². The maximum absolute atomic E-state index is 12.0. The first-order chi connectivity index (χ1) is 15.0. The van der Waals surface area contributed by atoms with Gasteiger partial charge in [0, 0.05) is 43.6 Å². The second-order valence-corrected chi connectivity index (χ2v) is 8.00. The van der Waals surface area contributed by atoms with Gasteiger partial charge in [0.1, 0.15) is 17.6 Å². The highest BCUT2D eigenvalue weighted by Gasteiger charge is 2.12. The molecule has 1 aromatic heterocycles. The van der Waals surface area contributed by atoms with Gasteiger partial charge in [0.25, 0.3) is 11.1 Å². The molecule has 0 aliphatic rings. The molecular weight excluding hydrogens is 438 g/mol. The van der Waals surface area contributed by atoms with Crippen LogP contribution in [0.5, 0.6) is 5.19 Å². The molecule has 1 aromatic rings. The topological polar surface area (TPSA) is 158 Å². The van der Waals surface area contributed by atoms with Crippen molar-refractivity contribution in [1.82, 2.24) is 15.6 Å². The first-order valence-electron chi connectivity index (χ1n) is 9.91. The van der Waals surface area contributed by atoms with Crippen molar-refractivity contribution < 1.29 is 34.4 Å². The molecule has 11 heteroatoms. The predicted molar refractivity (Wildman–Crippen MR) is 121 cm³/mol. The van der Waals surface area contributed by atoms with Gasteiger partial charge in [-0.2, -0.15) is 0 Å². The van der Waals surface area contributed by atoms with E-state index in [-0.39, 0.29) is 12.5 Å². The lowest BCUT2D eigenvalue weighted by atomic mass is 10.2. The largest absolute Gasteiger partial charge is 0.478 e. The average molecular weight is 470 g/mol. The zero-order valence-electron chi connectivity index (χ0n) is 18.6. The van der Waals surface area contributed by atoms with E-state index in [4.69, 9.17) is 14.9 Å². The monoisotopic (exact) mass is 469 g/mol. The van der Waals surface area contributed by atoms with Crippen molar-refractivity contribution in [2.45, 2.75) is 46.3 Å². The van der Waals surface area contributed by atoms with Crippen LogP contribution in [0.25, 0.3) is 0 Å². The molecule has 5 N–H and O–H groups in total. The Morgan fingerprint density at radius 3 is 2.34 bits per heavy atom. The smallest absolute Gasteiger partial charge is 0.328 e. The number of nitrogens with zero attached hydrogens (tertiary/aromatic N) is 1. The Kier molecular flexibility index (Phi) is 15.2. The number of aliphatic hydroxyl groups excluding tert-OH is 1. The summed E-state index contributed by atoms with van der Waals surface area (Å²) in [7, 11) is 0. The van der Waals surface area contributed by atoms with Gasteiger partial charge in [0.15, 0.2) is 0 Å². The van der Waals surface area contributed by atoms with Crippen molar-refractivity contribution >= 4 is 29.2 Å². The number of carboxylic acid groups (broad SMARTS) is 2. The lowest BCUT2D eigenvalue weighted by Gasteiger charge is -2.13. The minimum Gasteiger partial charge on any atom is -0.478 e. The summed E-state index contributed by atoms with van der Waals surface area (Å²) in [6.45, 7) is 9.17. The third kappa shape index (κ3) is 16.8. The number of carboxylic acids is 2. The molecule has 1 amide bonds. The number of ether oxygens (including phenoxy) is 1. The molecule has 0 bridgehead atoms. The van der Waals surface area contributed by atoms with Crippen LogP contribution in [0.4, 0.5) is 0 Å². The number of aliphatic hydroxyl groups is 1. The molecule has 1 rings (SSSR count). The van der Waals surface area contributed by atoms with E-state index in [1.54, 1.807) is 0 Å². The summed E-state index contributed by atoms with van der Waals surface area (Å²) in [5, 5.41) is 31.7. The SMILES string of the molecule is CC(C)C#CCCNC(=O)c1cnc(OCC(O)CNC(C)C)s1.O=C(O)/C=C\C(=O)O. The Bertz CT molecular complexity index is 794. The summed E-state index contributed by atoms with van der Waals surface area (Å²) in [6.07, 6.45) is 2.60. The molecule has 0 spiro atoms. The van der Waals surface area contributed by atoms with Crippen molar-refractivity contribution in [3.05, 3.63) is 23.2 Å². The molecule has 1 atom stereocenters. The Balaban J connectivity index is 0.00000102. The number of hydrogen-bond acceptors (Lipinski definition) is 8. The summed E-state index contributed by atoms with van der Waals surface area (Å²) in [6, 6.07) is 0.306. The normalized spacial score (nSPS) is 11.3. The molecule has 32 heavy (non-hydrogen) atoms. The molecule has 0 aromatic carbocycles. The van der Waals surface area contributed by atoms with Crippen LogP contribution in [-0.2, 0) is 9.59 Å². The second kappa shape index (κ2) is 16.7. The standard InChI is InChI=1S/C17H27N3O3S.C4H4O4/c1-12(2)7-5-6-8-18-16(22)15-10-20-17(24-15)23-11-14(21)9-19-13(3)4;5-3(6)1-2-4(7)8/h10,12-14,19,21H,6,8-9,11H2,1-4H3,(H,18,22);1-2H,(H,5,6)(H,7,8)/b;2-1-. The number of carbonyl (C=O) groups is 3. The van der Waals surface area contributed by atoms with Gasteiger partial charge in [-0.3, -0.25) is 4.79 Å². The molecule has 178 valence electrons. The molecule has 0 aliphatic carbocycles. The second-order valence-electron chi connectivity index (χ2n) is 7.01. The molecule has 0 saturated heterocycles. The fourth-order valence-corrected chi connectivity index (χ4v) is 2.46. The van der Waals surface area contributed by atoms with Crippen LogP contribution in [0, 0.1) is 17.8 Å². The van der Waals surface area contributed by atoms with Gasteiger partial charge >= 0.3 is 11.9 Å². The first-order valence-corrected chi connectivity index (χ1v) is 10.7. The van der Waals surface area contributed by atoms with Crippen molar-refractivity contribution in [1.29, 1.82) is 0 Å².